The van der Waals surface area contributed by atoms with Gasteiger partial charge in [0.1, 0.15) is 11.3 Å². The van der Waals surface area contributed by atoms with Crippen molar-refractivity contribution in [2.75, 3.05) is 11.9 Å². The van der Waals surface area contributed by atoms with Gasteiger partial charge in [0.05, 0.1) is 0 Å². The highest BCUT2D eigenvalue weighted by molar-refractivity contribution is 5.94. The van der Waals surface area contributed by atoms with E-state index in [2.05, 4.69) is 10.3 Å². The zero-order valence-corrected chi connectivity index (χ0v) is 12.9. The Morgan fingerprint density at radius 1 is 1.16 bits per heavy atom. The number of hydrogen-bond acceptors (Lipinski definition) is 5. The first-order chi connectivity index (χ1) is 12.1. The molecule has 0 aliphatic heterocycles. The fraction of sp³-hybridized carbons (Fsp3) is 0.0556. The third kappa shape index (κ3) is 4.51. The highest BCUT2D eigenvalue weighted by Gasteiger charge is 2.07. The molecule has 1 N–H and O–H groups in total. The minimum Gasteiger partial charge on any atom is -0.452 e. The smallest absolute Gasteiger partial charge is 0.331 e. The molecular formula is C18H13FN2O4. The molecule has 1 amide bonds. The number of carbonyl (C=O) groups is 2. The van der Waals surface area contributed by atoms with E-state index >= 15 is 0 Å². The summed E-state index contributed by atoms with van der Waals surface area (Å²) in [6.07, 6.45) is 2.48. The summed E-state index contributed by atoms with van der Waals surface area (Å²) < 4.78 is 23.0. The Balaban J connectivity index is 1.50. The van der Waals surface area contributed by atoms with Crippen LogP contribution in [0.25, 0.3) is 17.2 Å². The van der Waals surface area contributed by atoms with Gasteiger partial charge in [-0.15, -0.1) is 0 Å². The van der Waals surface area contributed by atoms with Crippen molar-refractivity contribution in [1.82, 2.24) is 4.98 Å². The van der Waals surface area contributed by atoms with Gasteiger partial charge in [-0.25, -0.2) is 14.2 Å². The fourth-order valence-electron chi connectivity index (χ4n) is 2.02. The van der Waals surface area contributed by atoms with Crippen molar-refractivity contribution in [3.05, 3.63) is 66.3 Å². The Labute approximate surface area is 141 Å². The number of rotatable bonds is 5. The molecule has 126 valence electrons. The molecule has 25 heavy (non-hydrogen) atoms. The number of carbonyl (C=O) groups excluding carboxylic acids is 2. The second kappa shape index (κ2) is 7.39. The molecule has 0 saturated heterocycles. The molecule has 0 radical (unpaired) electrons. The minimum atomic E-state index is -0.712. The molecule has 0 unspecified atom stereocenters. The standard InChI is InChI=1S/C18H13FN2O4/c19-12-5-7-13(8-6-12)20-16(22)11-24-18(23)10-9-17-21-14-3-1-2-4-15(14)25-17/h1-10H,11H2,(H,20,22)/b10-9+. The molecule has 0 bridgehead atoms. The lowest BCUT2D eigenvalue weighted by atomic mass is 10.3. The van der Waals surface area contributed by atoms with Crippen molar-refractivity contribution in [2.45, 2.75) is 0 Å². The predicted molar refractivity (Wildman–Crippen MR) is 89.0 cm³/mol. The van der Waals surface area contributed by atoms with E-state index in [0.717, 1.165) is 6.08 Å². The number of ether oxygens (including phenoxy) is 1. The number of anilines is 1. The quantitative estimate of drug-likeness (QED) is 0.570. The van der Waals surface area contributed by atoms with Crippen LogP contribution in [-0.4, -0.2) is 23.5 Å². The van der Waals surface area contributed by atoms with Gasteiger partial charge in [-0.05, 0) is 36.4 Å². The zero-order valence-electron chi connectivity index (χ0n) is 12.9. The van der Waals surface area contributed by atoms with Gasteiger partial charge in [0, 0.05) is 17.8 Å². The SMILES string of the molecule is O=C(COC(=O)/C=C/c1nc2ccccc2o1)Nc1ccc(F)cc1. The highest BCUT2D eigenvalue weighted by atomic mass is 19.1. The van der Waals surface area contributed by atoms with Crippen LogP contribution in [0.2, 0.25) is 0 Å². The van der Waals surface area contributed by atoms with E-state index in [-0.39, 0.29) is 5.89 Å². The second-order valence-corrected chi connectivity index (χ2v) is 5.02. The van der Waals surface area contributed by atoms with Gasteiger partial charge in [-0.3, -0.25) is 4.79 Å². The molecule has 0 fully saturated rings. The van der Waals surface area contributed by atoms with Gasteiger partial charge in [0.15, 0.2) is 12.2 Å². The summed E-state index contributed by atoms with van der Waals surface area (Å²) in [5, 5.41) is 2.48. The van der Waals surface area contributed by atoms with Crippen LogP contribution in [0.15, 0.2) is 59.0 Å². The van der Waals surface area contributed by atoms with Crippen LogP contribution in [0.1, 0.15) is 5.89 Å². The van der Waals surface area contributed by atoms with Crippen LogP contribution in [0, 0.1) is 5.82 Å². The average molecular weight is 340 g/mol. The summed E-state index contributed by atoms with van der Waals surface area (Å²) in [7, 11) is 0. The molecule has 0 atom stereocenters. The fourth-order valence-corrected chi connectivity index (χ4v) is 2.02. The van der Waals surface area contributed by atoms with Gasteiger partial charge in [-0.1, -0.05) is 12.1 Å². The lowest BCUT2D eigenvalue weighted by molar-refractivity contribution is -0.142. The second-order valence-electron chi connectivity index (χ2n) is 5.02. The number of para-hydroxylation sites is 2. The normalized spacial score (nSPS) is 10.9. The monoisotopic (exact) mass is 340 g/mol. The molecule has 0 aliphatic carbocycles. The summed E-state index contributed by atoms with van der Waals surface area (Å²) >= 11 is 0. The number of nitrogens with zero attached hydrogens (tertiary/aromatic N) is 1. The number of nitrogens with one attached hydrogen (secondary N) is 1. The first-order valence-corrected chi connectivity index (χ1v) is 7.36. The van der Waals surface area contributed by atoms with Gasteiger partial charge in [0.25, 0.3) is 5.91 Å². The maximum absolute atomic E-state index is 12.8. The number of oxazole rings is 1. The van der Waals surface area contributed by atoms with Crippen molar-refractivity contribution in [3.8, 4) is 0 Å². The highest BCUT2D eigenvalue weighted by Crippen LogP contribution is 2.15. The number of fused-ring (bicyclic) bond motifs is 1. The molecular weight excluding hydrogens is 327 g/mol. The number of esters is 1. The Morgan fingerprint density at radius 2 is 1.92 bits per heavy atom. The lowest BCUT2D eigenvalue weighted by Crippen LogP contribution is -2.20. The minimum absolute atomic E-state index is 0.258. The van der Waals surface area contributed by atoms with Gasteiger partial charge >= 0.3 is 5.97 Å². The summed E-state index contributed by atoms with van der Waals surface area (Å²) in [5.41, 5.74) is 1.69. The van der Waals surface area contributed by atoms with E-state index < -0.39 is 24.3 Å². The van der Waals surface area contributed by atoms with Crippen LogP contribution in [0.4, 0.5) is 10.1 Å². The summed E-state index contributed by atoms with van der Waals surface area (Å²) in [6.45, 7) is -0.464. The Bertz CT molecular complexity index is 899. The van der Waals surface area contributed by atoms with Crippen molar-refractivity contribution < 1.29 is 23.1 Å². The van der Waals surface area contributed by atoms with Crippen LogP contribution in [-0.2, 0) is 14.3 Å². The third-order valence-corrected chi connectivity index (χ3v) is 3.15. The zero-order chi connectivity index (χ0) is 17.6. The summed E-state index contributed by atoms with van der Waals surface area (Å²) in [6, 6.07) is 12.4. The number of amides is 1. The number of benzene rings is 2. The maximum atomic E-state index is 12.8. The lowest BCUT2D eigenvalue weighted by Gasteiger charge is -2.04. The van der Waals surface area contributed by atoms with Gasteiger partial charge in [0.2, 0.25) is 5.89 Å². The molecule has 3 aromatic rings. The predicted octanol–water partition coefficient (Wildman–Crippen LogP) is 3.16. The molecule has 3 rings (SSSR count). The Morgan fingerprint density at radius 3 is 2.68 bits per heavy atom. The number of hydrogen-bond donors (Lipinski definition) is 1. The summed E-state index contributed by atoms with van der Waals surface area (Å²) in [5.74, 6) is -1.39. The summed E-state index contributed by atoms with van der Waals surface area (Å²) in [4.78, 5) is 27.5. The molecule has 7 heteroatoms. The Hall–Kier alpha value is -3.48. The Kier molecular flexibility index (Phi) is 4.84. The van der Waals surface area contributed by atoms with Crippen molar-refractivity contribution >= 4 is 34.7 Å². The van der Waals surface area contributed by atoms with Crippen molar-refractivity contribution in [1.29, 1.82) is 0 Å². The number of aromatic nitrogens is 1. The van der Waals surface area contributed by atoms with E-state index in [0.29, 0.717) is 16.8 Å². The van der Waals surface area contributed by atoms with Crippen molar-refractivity contribution in [3.63, 3.8) is 0 Å². The maximum Gasteiger partial charge on any atom is 0.331 e. The third-order valence-electron chi connectivity index (χ3n) is 3.15. The molecule has 0 aliphatic rings. The van der Waals surface area contributed by atoms with Crippen LogP contribution >= 0.6 is 0 Å². The van der Waals surface area contributed by atoms with E-state index in [1.54, 1.807) is 12.1 Å². The molecule has 1 heterocycles. The molecule has 2 aromatic carbocycles. The molecule has 1 aromatic heterocycles. The topological polar surface area (TPSA) is 81.4 Å². The van der Waals surface area contributed by atoms with Crippen LogP contribution < -0.4 is 5.32 Å². The van der Waals surface area contributed by atoms with Crippen LogP contribution in [0.5, 0.6) is 0 Å². The van der Waals surface area contributed by atoms with E-state index in [4.69, 9.17) is 9.15 Å². The molecule has 0 saturated carbocycles. The average Bonchev–Trinajstić information content (AvgIpc) is 3.03. The van der Waals surface area contributed by atoms with E-state index in [9.17, 15) is 14.0 Å². The number of halogens is 1. The first-order valence-electron chi connectivity index (χ1n) is 7.36. The molecule has 0 spiro atoms. The van der Waals surface area contributed by atoms with Crippen molar-refractivity contribution in [2.24, 2.45) is 0 Å². The van der Waals surface area contributed by atoms with Gasteiger partial charge in [-0.2, -0.15) is 0 Å². The van der Waals surface area contributed by atoms with Crippen LogP contribution in [0.3, 0.4) is 0 Å². The van der Waals surface area contributed by atoms with E-state index in [1.165, 1.54) is 30.3 Å². The first kappa shape index (κ1) is 16.4. The van der Waals surface area contributed by atoms with Gasteiger partial charge < -0.3 is 14.5 Å². The van der Waals surface area contributed by atoms with E-state index in [1.807, 2.05) is 12.1 Å². The molecule has 6 nitrogen and oxygen atoms in total. The largest absolute Gasteiger partial charge is 0.452 e.